The topological polar surface area (TPSA) is 50.8 Å². The second-order valence-corrected chi connectivity index (χ2v) is 7.89. The molecule has 27 heavy (non-hydrogen) atoms. The Kier molecular flexibility index (Phi) is 4.05. The number of hydrogen-bond acceptors (Lipinski definition) is 4. The molecule has 3 aliphatic heterocycles. The van der Waals surface area contributed by atoms with Gasteiger partial charge in [0, 0.05) is 26.1 Å². The van der Waals surface area contributed by atoms with Crippen LogP contribution < -0.4 is 14.8 Å². The number of benzene rings is 2. The quantitative estimate of drug-likeness (QED) is 0.910. The highest BCUT2D eigenvalue weighted by Gasteiger charge is 2.42. The Labute approximate surface area is 159 Å². The number of likely N-dealkylation sites (tertiary alicyclic amines) is 1. The van der Waals surface area contributed by atoms with E-state index in [9.17, 15) is 4.79 Å². The number of para-hydroxylation sites is 2. The predicted octanol–water partition coefficient (Wildman–Crippen LogP) is 3.05. The third-order valence-electron chi connectivity index (χ3n) is 5.93. The highest BCUT2D eigenvalue weighted by Crippen LogP contribution is 2.36. The van der Waals surface area contributed by atoms with Crippen molar-refractivity contribution in [3.63, 3.8) is 0 Å². The van der Waals surface area contributed by atoms with Crippen LogP contribution in [0.4, 0.5) is 0 Å². The average molecular weight is 364 g/mol. The lowest BCUT2D eigenvalue weighted by Gasteiger charge is -2.27. The Hall–Kier alpha value is -2.53. The lowest BCUT2D eigenvalue weighted by atomic mass is 9.97. The molecule has 1 N–H and O–H groups in total. The minimum absolute atomic E-state index is 0.0255. The van der Waals surface area contributed by atoms with Crippen molar-refractivity contribution in [2.75, 3.05) is 19.7 Å². The maximum atomic E-state index is 11.6. The maximum absolute atomic E-state index is 11.6. The number of amides is 1. The molecule has 2 aromatic rings. The Bertz CT molecular complexity index is 851. The van der Waals surface area contributed by atoms with Crippen molar-refractivity contribution in [2.24, 2.45) is 0 Å². The van der Waals surface area contributed by atoms with Crippen LogP contribution in [0.1, 0.15) is 36.5 Å². The average Bonchev–Trinajstić information content (AvgIpc) is 3.27. The monoisotopic (exact) mass is 364 g/mol. The normalized spacial score (nSPS) is 27.1. The molecule has 3 heterocycles. The Morgan fingerprint density at radius 3 is 2.67 bits per heavy atom. The SMILES string of the molecule is O=C1CCC2(CCN(Cc3ccc([C@H]4COc5ccccc5O4)cc3)C2)N1. The Balaban J connectivity index is 1.22. The number of nitrogens with one attached hydrogen (secondary N) is 1. The summed E-state index contributed by atoms with van der Waals surface area (Å²) in [5.41, 5.74) is 2.45. The van der Waals surface area contributed by atoms with Crippen LogP contribution in [-0.2, 0) is 11.3 Å². The van der Waals surface area contributed by atoms with Gasteiger partial charge in [-0.3, -0.25) is 9.69 Å². The summed E-state index contributed by atoms with van der Waals surface area (Å²) in [6.07, 6.45) is 2.64. The zero-order valence-corrected chi connectivity index (χ0v) is 15.3. The molecule has 0 saturated carbocycles. The fraction of sp³-hybridized carbons (Fsp3) is 0.409. The van der Waals surface area contributed by atoms with Crippen molar-refractivity contribution < 1.29 is 14.3 Å². The first-order valence-electron chi connectivity index (χ1n) is 9.70. The van der Waals surface area contributed by atoms with Crippen LogP contribution in [0, 0.1) is 0 Å². The fourth-order valence-electron chi connectivity index (χ4n) is 4.45. The van der Waals surface area contributed by atoms with Gasteiger partial charge in [-0.25, -0.2) is 0 Å². The zero-order valence-electron chi connectivity index (χ0n) is 15.3. The summed E-state index contributed by atoms with van der Waals surface area (Å²) in [4.78, 5) is 14.0. The van der Waals surface area contributed by atoms with Crippen molar-refractivity contribution in [1.29, 1.82) is 0 Å². The molecule has 5 heteroatoms. The molecular weight excluding hydrogens is 340 g/mol. The molecule has 2 saturated heterocycles. The summed E-state index contributed by atoms with van der Waals surface area (Å²) < 4.78 is 11.9. The summed E-state index contributed by atoms with van der Waals surface area (Å²) in [6, 6.07) is 16.4. The van der Waals surface area contributed by atoms with E-state index in [1.165, 1.54) is 5.56 Å². The first-order chi connectivity index (χ1) is 13.2. The number of nitrogens with zero attached hydrogens (tertiary/aromatic N) is 1. The number of rotatable bonds is 3. The van der Waals surface area contributed by atoms with Gasteiger partial charge in [0.15, 0.2) is 17.6 Å². The summed E-state index contributed by atoms with van der Waals surface area (Å²) in [7, 11) is 0. The lowest BCUT2D eigenvalue weighted by molar-refractivity contribution is -0.119. The number of ether oxygens (including phenoxy) is 2. The van der Waals surface area contributed by atoms with Gasteiger partial charge in [-0.1, -0.05) is 36.4 Å². The molecule has 1 spiro atoms. The molecule has 2 aromatic carbocycles. The van der Waals surface area contributed by atoms with Crippen LogP contribution in [-0.4, -0.2) is 36.0 Å². The number of carbonyl (C=O) groups is 1. The van der Waals surface area contributed by atoms with Gasteiger partial charge in [-0.2, -0.15) is 0 Å². The summed E-state index contributed by atoms with van der Waals surface area (Å²) in [5, 5.41) is 3.19. The Morgan fingerprint density at radius 2 is 1.89 bits per heavy atom. The highest BCUT2D eigenvalue weighted by atomic mass is 16.6. The zero-order chi connectivity index (χ0) is 18.3. The van der Waals surface area contributed by atoms with Gasteiger partial charge in [0.05, 0.1) is 5.54 Å². The van der Waals surface area contributed by atoms with Crippen LogP contribution in [0.3, 0.4) is 0 Å². The van der Waals surface area contributed by atoms with Gasteiger partial charge < -0.3 is 14.8 Å². The predicted molar refractivity (Wildman–Crippen MR) is 102 cm³/mol. The molecule has 0 aromatic heterocycles. The highest BCUT2D eigenvalue weighted by molar-refractivity contribution is 5.79. The summed E-state index contributed by atoms with van der Waals surface area (Å²) in [5.74, 6) is 1.82. The fourth-order valence-corrected chi connectivity index (χ4v) is 4.45. The van der Waals surface area contributed by atoms with Crippen LogP contribution in [0.25, 0.3) is 0 Å². The van der Waals surface area contributed by atoms with Gasteiger partial charge in [-0.05, 0) is 36.1 Å². The van der Waals surface area contributed by atoms with Crippen molar-refractivity contribution in [1.82, 2.24) is 10.2 Å². The van der Waals surface area contributed by atoms with E-state index in [1.54, 1.807) is 0 Å². The molecule has 1 amide bonds. The molecular formula is C22H24N2O3. The van der Waals surface area contributed by atoms with Crippen LogP contribution in [0.15, 0.2) is 48.5 Å². The molecule has 0 radical (unpaired) electrons. The Morgan fingerprint density at radius 1 is 1.07 bits per heavy atom. The van der Waals surface area contributed by atoms with E-state index in [0.717, 1.165) is 49.5 Å². The van der Waals surface area contributed by atoms with Crippen molar-refractivity contribution in [2.45, 2.75) is 37.5 Å². The molecule has 5 nitrogen and oxygen atoms in total. The third-order valence-corrected chi connectivity index (χ3v) is 5.93. The van der Waals surface area contributed by atoms with E-state index < -0.39 is 0 Å². The molecule has 140 valence electrons. The van der Waals surface area contributed by atoms with Crippen LogP contribution in [0.5, 0.6) is 11.5 Å². The minimum atomic E-state index is -0.0716. The van der Waals surface area contributed by atoms with Crippen molar-refractivity contribution in [3.05, 3.63) is 59.7 Å². The van der Waals surface area contributed by atoms with Crippen molar-refractivity contribution in [3.8, 4) is 11.5 Å². The van der Waals surface area contributed by atoms with E-state index in [2.05, 4.69) is 34.5 Å². The first kappa shape index (κ1) is 16.6. The standard InChI is InChI=1S/C22H24N2O3/c25-21-9-10-22(23-21)11-12-24(15-22)13-16-5-7-17(8-6-16)20-14-26-18-3-1-2-4-19(18)27-20/h1-8,20H,9-15H2,(H,23,25)/t20-,22?/m1/s1. The van der Waals surface area contributed by atoms with Crippen LogP contribution >= 0.6 is 0 Å². The lowest BCUT2D eigenvalue weighted by Crippen LogP contribution is -2.43. The van der Waals surface area contributed by atoms with Gasteiger partial charge in [0.1, 0.15) is 6.61 Å². The van der Waals surface area contributed by atoms with E-state index in [4.69, 9.17) is 9.47 Å². The van der Waals surface area contributed by atoms with Gasteiger partial charge in [0.2, 0.25) is 5.91 Å². The molecule has 3 aliphatic rings. The second-order valence-electron chi connectivity index (χ2n) is 7.89. The molecule has 0 aliphatic carbocycles. The maximum Gasteiger partial charge on any atom is 0.220 e. The smallest absolute Gasteiger partial charge is 0.220 e. The summed E-state index contributed by atoms with van der Waals surface area (Å²) in [6.45, 7) is 3.45. The van der Waals surface area contributed by atoms with Gasteiger partial charge in [-0.15, -0.1) is 0 Å². The first-order valence-corrected chi connectivity index (χ1v) is 9.70. The molecule has 0 bridgehead atoms. The molecule has 2 atom stereocenters. The number of fused-ring (bicyclic) bond motifs is 1. The summed E-state index contributed by atoms with van der Waals surface area (Å²) >= 11 is 0. The minimum Gasteiger partial charge on any atom is -0.485 e. The van der Waals surface area contributed by atoms with Crippen molar-refractivity contribution >= 4 is 5.91 Å². The van der Waals surface area contributed by atoms with Crippen LogP contribution in [0.2, 0.25) is 0 Å². The van der Waals surface area contributed by atoms with E-state index >= 15 is 0 Å². The number of hydrogen-bond donors (Lipinski definition) is 1. The van der Waals surface area contributed by atoms with E-state index in [0.29, 0.717) is 13.0 Å². The number of carbonyl (C=O) groups excluding carboxylic acids is 1. The van der Waals surface area contributed by atoms with E-state index in [-0.39, 0.29) is 17.6 Å². The van der Waals surface area contributed by atoms with E-state index in [1.807, 2.05) is 24.3 Å². The molecule has 5 rings (SSSR count). The molecule has 2 fully saturated rings. The largest absolute Gasteiger partial charge is 0.485 e. The second kappa shape index (κ2) is 6.57. The van der Waals surface area contributed by atoms with Gasteiger partial charge in [0.25, 0.3) is 0 Å². The van der Waals surface area contributed by atoms with Gasteiger partial charge >= 0.3 is 0 Å². The third kappa shape index (κ3) is 3.28. The molecule has 1 unspecified atom stereocenters.